The second-order valence-electron chi connectivity index (χ2n) is 8.24. The van der Waals surface area contributed by atoms with Gasteiger partial charge in [0.2, 0.25) is 0 Å². The van der Waals surface area contributed by atoms with Crippen molar-refractivity contribution in [2.45, 2.75) is 19.9 Å². The third kappa shape index (κ3) is 3.62. The van der Waals surface area contributed by atoms with Crippen LogP contribution in [-0.2, 0) is 17.7 Å². The van der Waals surface area contributed by atoms with Gasteiger partial charge in [-0.1, -0.05) is 6.92 Å². The van der Waals surface area contributed by atoms with Crippen molar-refractivity contribution in [2.24, 2.45) is 4.99 Å². The number of anilines is 3. The number of benzene rings is 1. The van der Waals surface area contributed by atoms with Crippen molar-refractivity contribution < 1.29 is 4.74 Å². The quantitative estimate of drug-likeness (QED) is 0.509. The Labute approximate surface area is 192 Å². The van der Waals surface area contributed by atoms with Crippen molar-refractivity contribution in [3.8, 4) is 11.3 Å². The minimum Gasteiger partial charge on any atom is -0.378 e. The number of aliphatic imine (C=N–C) groups is 1. The summed E-state index contributed by atoms with van der Waals surface area (Å²) >= 11 is 0. The summed E-state index contributed by atoms with van der Waals surface area (Å²) < 4.78 is 7.59. The number of imidazole rings is 1. The molecule has 1 aromatic carbocycles. The van der Waals surface area contributed by atoms with Crippen LogP contribution in [0, 0.1) is 0 Å². The van der Waals surface area contributed by atoms with Crippen molar-refractivity contribution in [1.29, 1.82) is 0 Å². The van der Waals surface area contributed by atoms with Crippen LogP contribution in [0.15, 0.2) is 53.9 Å². The molecule has 2 aliphatic rings. The number of pyridine rings is 1. The highest BCUT2D eigenvalue weighted by Crippen LogP contribution is 2.30. The molecule has 33 heavy (non-hydrogen) atoms. The van der Waals surface area contributed by atoms with Gasteiger partial charge in [0, 0.05) is 60.4 Å². The molecular weight excluding hydrogens is 414 g/mol. The Morgan fingerprint density at radius 2 is 1.94 bits per heavy atom. The molecule has 2 aliphatic heterocycles. The van der Waals surface area contributed by atoms with Gasteiger partial charge in [0.15, 0.2) is 11.5 Å². The normalized spacial score (nSPS) is 15.2. The summed E-state index contributed by atoms with van der Waals surface area (Å²) in [6, 6.07) is 10.6. The molecule has 0 radical (unpaired) electrons. The number of aromatic nitrogens is 4. The van der Waals surface area contributed by atoms with Gasteiger partial charge in [0.1, 0.15) is 0 Å². The monoisotopic (exact) mass is 439 g/mol. The molecule has 8 heteroatoms. The molecule has 166 valence electrons. The van der Waals surface area contributed by atoms with E-state index < -0.39 is 0 Å². The molecule has 0 atom stereocenters. The zero-order valence-electron chi connectivity index (χ0n) is 18.5. The highest BCUT2D eigenvalue weighted by molar-refractivity contribution is 5.83. The smallest absolute Gasteiger partial charge is 0.180 e. The van der Waals surface area contributed by atoms with Crippen molar-refractivity contribution >= 4 is 29.1 Å². The van der Waals surface area contributed by atoms with Crippen LogP contribution in [0.25, 0.3) is 16.9 Å². The van der Waals surface area contributed by atoms with E-state index >= 15 is 0 Å². The lowest BCUT2D eigenvalue weighted by Gasteiger charge is -2.28. The number of morpholine rings is 1. The van der Waals surface area contributed by atoms with Crippen LogP contribution >= 0.6 is 0 Å². The lowest BCUT2D eigenvalue weighted by molar-refractivity contribution is 0.122. The zero-order valence-corrected chi connectivity index (χ0v) is 18.5. The van der Waals surface area contributed by atoms with Gasteiger partial charge in [-0.3, -0.25) is 14.4 Å². The number of fused-ring (bicyclic) bond motifs is 2. The van der Waals surface area contributed by atoms with E-state index in [1.54, 1.807) is 0 Å². The number of rotatable bonds is 5. The Morgan fingerprint density at radius 1 is 1.09 bits per heavy atom. The second kappa shape index (κ2) is 8.29. The molecule has 0 aliphatic carbocycles. The fourth-order valence-electron chi connectivity index (χ4n) is 4.53. The summed E-state index contributed by atoms with van der Waals surface area (Å²) in [5.74, 6) is 0.725. The molecule has 0 saturated carbocycles. The molecule has 3 aromatic heterocycles. The molecular formula is C25H25N7O. The van der Waals surface area contributed by atoms with Crippen LogP contribution in [0.3, 0.4) is 0 Å². The minimum absolute atomic E-state index is 0.672. The lowest BCUT2D eigenvalue weighted by atomic mass is 10.1. The average molecular weight is 440 g/mol. The van der Waals surface area contributed by atoms with E-state index in [4.69, 9.17) is 9.72 Å². The highest BCUT2D eigenvalue weighted by atomic mass is 16.5. The van der Waals surface area contributed by atoms with E-state index in [0.717, 1.165) is 78.1 Å². The predicted molar refractivity (Wildman–Crippen MR) is 130 cm³/mol. The second-order valence-corrected chi connectivity index (χ2v) is 8.24. The van der Waals surface area contributed by atoms with Gasteiger partial charge in [-0.15, -0.1) is 0 Å². The van der Waals surface area contributed by atoms with E-state index in [1.165, 1.54) is 5.69 Å². The fraction of sp³-hybridized carbons (Fsp3) is 0.280. The first-order chi connectivity index (χ1) is 16.3. The van der Waals surface area contributed by atoms with Crippen molar-refractivity contribution in [3.05, 3.63) is 65.9 Å². The number of nitrogens with one attached hydrogen (secondary N) is 1. The van der Waals surface area contributed by atoms with Crippen LogP contribution in [0.5, 0.6) is 0 Å². The number of hydrogen-bond acceptors (Lipinski definition) is 7. The number of nitrogens with zero attached hydrogens (tertiary/aromatic N) is 6. The maximum Gasteiger partial charge on any atom is 0.180 e. The Hall–Kier alpha value is -3.78. The van der Waals surface area contributed by atoms with Crippen molar-refractivity contribution in [3.63, 3.8) is 0 Å². The van der Waals surface area contributed by atoms with Gasteiger partial charge in [-0.25, -0.2) is 9.97 Å². The summed E-state index contributed by atoms with van der Waals surface area (Å²) in [4.78, 5) is 20.9. The van der Waals surface area contributed by atoms with Gasteiger partial charge in [-0.05, 0) is 36.8 Å². The van der Waals surface area contributed by atoms with Crippen LogP contribution in [0.1, 0.15) is 23.9 Å². The number of hydrogen-bond donors (Lipinski definition) is 1. The van der Waals surface area contributed by atoms with E-state index in [-0.39, 0.29) is 0 Å². The Balaban J connectivity index is 1.37. The first kappa shape index (κ1) is 19.9. The summed E-state index contributed by atoms with van der Waals surface area (Å²) in [6.45, 7) is 6.21. The maximum absolute atomic E-state index is 5.47. The Morgan fingerprint density at radius 3 is 2.76 bits per heavy atom. The molecule has 0 unspecified atom stereocenters. The zero-order chi connectivity index (χ0) is 22.2. The Kier molecular flexibility index (Phi) is 4.99. The number of ether oxygens (including phenoxy) is 1. The predicted octanol–water partition coefficient (Wildman–Crippen LogP) is 3.87. The largest absolute Gasteiger partial charge is 0.378 e. The van der Waals surface area contributed by atoms with Gasteiger partial charge in [-0.2, -0.15) is 0 Å². The molecule has 8 nitrogen and oxygen atoms in total. The standard InChI is InChI=1S/C25H25N7O/c1-2-22-23(18-13-17-14-26-16-21(17)28-15-18)30-24(25-27-7-8-32(22)25)29-19-3-5-20(6-4-19)31-9-11-33-12-10-31/h3-8,13,15-16H,2,9-12,14H2,1H3,(H,29,30). The average Bonchev–Trinajstić information content (AvgIpc) is 3.54. The van der Waals surface area contributed by atoms with Gasteiger partial charge in [0.05, 0.1) is 36.8 Å². The molecule has 5 heterocycles. The topological polar surface area (TPSA) is 79.9 Å². The fourth-order valence-corrected chi connectivity index (χ4v) is 4.53. The van der Waals surface area contributed by atoms with Gasteiger partial charge < -0.3 is 15.0 Å². The molecule has 1 fully saturated rings. The summed E-state index contributed by atoms with van der Waals surface area (Å²) in [7, 11) is 0. The van der Waals surface area contributed by atoms with E-state index in [0.29, 0.717) is 6.54 Å². The first-order valence-corrected chi connectivity index (χ1v) is 11.3. The SMILES string of the molecule is CCc1c(-c2cnc3c(c2)CN=C3)nc(Nc2ccc(N3CCOCC3)cc2)c2nccn12. The number of aryl methyl sites for hydroxylation is 1. The third-order valence-corrected chi connectivity index (χ3v) is 6.23. The molecule has 1 saturated heterocycles. The van der Waals surface area contributed by atoms with E-state index in [1.807, 2.05) is 24.8 Å². The molecule has 6 rings (SSSR count). The molecule has 0 amide bonds. The van der Waals surface area contributed by atoms with Crippen LogP contribution < -0.4 is 10.2 Å². The summed E-state index contributed by atoms with van der Waals surface area (Å²) in [5, 5.41) is 3.49. The van der Waals surface area contributed by atoms with Crippen LogP contribution in [0.2, 0.25) is 0 Å². The highest BCUT2D eigenvalue weighted by Gasteiger charge is 2.18. The summed E-state index contributed by atoms with van der Waals surface area (Å²) in [6.07, 6.45) is 8.37. The minimum atomic E-state index is 0.672. The maximum atomic E-state index is 5.47. The van der Waals surface area contributed by atoms with Crippen LogP contribution in [-0.4, -0.2) is 51.9 Å². The first-order valence-electron chi connectivity index (χ1n) is 11.3. The molecule has 4 aromatic rings. The Bertz CT molecular complexity index is 1340. The van der Waals surface area contributed by atoms with E-state index in [2.05, 4.69) is 66.8 Å². The summed E-state index contributed by atoms with van der Waals surface area (Å²) in [5.41, 5.74) is 8.09. The third-order valence-electron chi connectivity index (χ3n) is 6.23. The molecule has 0 bridgehead atoms. The van der Waals surface area contributed by atoms with Gasteiger partial charge in [0.25, 0.3) is 0 Å². The van der Waals surface area contributed by atoms with E-state index in [9.17, 15) is 0 Å². The van der Waals surface area contributed by atoms with Crippen molar-refractivity contribution in [2.75, 3.05) is 36.5 Å². The molecule has 0 spiro atoms. The van der Waals surface area contributed by atoms with Crippen LogP contribution in [0.4, 0.5) is 17.2 Å². The van der Waals surface area contributed by atoms with Gasteiger partial charge >= 0.3 is 0 Å². The van der Waals surface area contributed by atoms with Crippen molar-refractivity contribution in [1.82, 2.24) is 19.4 Å². The molecule has 1 N–H and O–H groups in total. The lowest BCUT2D eigenvalue weighted by Crippen LogP contribution is -2.36.